The normalized spacial score (nSPS) is 22.9. The van der Waals surface area contributed by atoms with E-state index in [1.165, 1.54) is 13.2 Å². The molecule has 1 N–H and O–H groups in total. The van der Waals surface area contributed by atoms with Gasteiger partial charge in [0.1, 0.15) is 12.0 Å². The van der Waals surface area contributed by atoms with E-state index in [9.17, 15) is 18.3 Å². The molecule has 1 atom stereocenters. The SMILES string of the molecule is COC1(S(C)(=O)=O)CC(C=O)=C(c2ccccc2)C=C1O. The summed E-state index contributed by atoms with van der Waals surface area (Å²) in [7, 11) is -2.57. The third-order valence-corrected chi connectivity index (χ3v) is 5.31. The quantitative estimate of drug-likeness (QED) is 0.859. The van der Waals surface area contributed by atoms with Crippen LogP contribution in [0.15, 0.2) is 47.7 Å². The number of benzene rings is 1. The fraction of sp³-hybridized carbons (Fsp3) is 0.267. The highest BCUT2D eigenvalue weighted by Crippen LogP contribution is 2.40. The predicted molar refractivity (Wildman–Crippen MR) is 79.3 cm³/mol. The molecule has 6 heteroatoms. The van der Waals surface area contributed by atoms with Crippen LogP contribution in [0.2, 0.25) is 0 Å². The van der Waals surface area contributed by atoms with Crippen LogP contribution in [0.25, 0.3) is 5.57 Å². The molecule has 0 aromatic heterocycles. The highest BCUT2D eigenvalue weighted by Gasteiger charge is 2.48. The van der Waals surface area contributed by atoms with E-state index in [1.54, 1.807) is 24.3 Å². The maximum absolute atomic E-state index is 12.0. The molecule has 0 fully saturated rings. The van der Waals surface area contributed by atoms with Crippen LogP contribution in [-0.2, 0) is 19.4 Å². The van der Waals surface area contributed by atoms with E-state index in [1.807, 2.05) is 6.07 Å². The summed E-state index contributed by atoms with van der Waals surface area (Å²) in [6.45, 7) is 0. The largest absolute Gasteiger partial charge is 0.508 e. The zero-order valence-corrected chi connectivity index (χ0v) is 12.6. The summed E-state index contributed by atoms with van der Waals surface area (Å²) in [5.41, 5.74) is 1.50. The minimum absolute atomic E-state index is 0.224. The standard InChI is InChI=1S/C15H16O5S/c1-20-15(21(2,18)19)9-12(10-16)13(8-14(15)17)11-6-4-3-5-7-11/h3-8,10,17H,9H2,1-2H3. The van der Waals surface area contributed by atoms with Crippen LogP contribution in [-0.4, -0.2) is 38.1 Å². The van der Waals surface area contributed by atoms with E-state index < -0.39 is 20.5 Å². The molecule has 0 spiro atoms. The number of allylic oxidation sites excluding steroid dienone is 2. The zero-order chi connectivity index (χ0) is 15.7. The maximum Gasteiger partial charge on any atom is 0.229 e. The Morgan fingerprint density at radius 1 is 1.29 bits per heavy atom. The van der Waals surface area contributed by atoms with Crippen LogP contribution in [0.3, 0.4) is 0 Å². The van der Waals surface area contributed by atoms with Crippen LogP contribution < -0.4 is 0 Å². The Morgan fingerprint density at radius 3 is 2.38 bits per heavy atom. The van der Waals surface area contributed by atoms with Crippen molar-refractivity contribution in [3.8, 4) is 0 Å². The number of aliphatic hydroxyl groups is 1. The van der Waals surface area contributed by atoms with E-state index >= 15 is 0 Å². The molecule has 0 heterocycles. The predicted octanol–water partition coefficient (Wildman–Crippen LogP) is 1.87. The van der Waals surface area contributed by atoms with Gasteiger partial charge in [0.25, 0.3) is 0 Å². The lowest BCUT2D eigenvalue weighted by Crippen LogP contribution is -2.44. The Kier molecular flexibility index (Phi) is 4.02. The van der Waals surface area contributed by atoms with E-state index in [0.29, 0.717) is 11.9 Å². The van der Waals surface area contributed by atoms with Crippen LogP contribution in [0, 0.1) is 0 Å². The van der Waals surface area contributed by atoms with Gasteiger partial charge in [0.15, 0.2) is 9.84 Å². The topological polar surface area (TPSA) is 80.7 Å². The number of carbonyl (C=O) groups excluding carboxylic acids is 1. The molecule has 1 aromatic rings. The van der Waals surface area contributed by atoms with E-state index in [4.69, 9.17) is 4.74 Å². The van der Waals surface area contributed by atoms with Gasteiger partial charge in [0.05, 0.1) is 0 Å². The van der Waals surface area contributed by atoms with Crippen molar-refractivity contribution < 1.29 is 23.1 Å². The van der Waals surface area contributed by atoms with Crippen molar-refractivity contribution in [2.75, 3.05) is 13.4 Å². The second-order valence-electron chi connectivity index (χ2n) is 4.86. The van der Waals surface area contributed by atoms with Gasteiger partial charge in [-0.1, -0.05) is 30.3 Å². The number of hydrogen-bond donors (Lipinski definition) is 1. The van der Waals surface area contributed by atoms with Crippen LogP contribution in [0.5, 0.6) is 0 Å². The molecule has 0 saturated carbocycles. The number of sulfone groups is 1. The molecule has 2 rings (SSSR count). The zero-order valence-electron chi connectivity index (χ0n) is 11.7. The van der Waals surface area contributed by atoms with Crippen LogP contribution in [0.1, 0.15) is 12.0 Å². The molecule has 0 aliphatic heterocycles. The summed E-state index contributed by atoms with van der Waals surface area (Å²) in [4.78, 5) is 9.46. The van der Waals surface area contributed by atoms with Gasteiger partial charge in [-0.05, 0) is 17.2 Å². The second kappa shape index (κ2) is 5.46. The number of carbonyl (C=O) groups is 1. The van der Waals surface area contributed by atoms with Crippen LogP contribution in [0.4, 0.5) is 0 Å². The number of rotatable bonds is 4. The third kappa shape index (κ3) is 2.52. The minimum atomic E-state index is -3.77. The molecule has 112 valence electrons. The molecule has 0 amide bonds. The average molecular weight is 308 g/mol. The van der Waals surface area contributed by atoms with Gasteiger partial charge in [-0.15, -0.1) is 0 Å². The lowest BCUT2D eigenvalue weighted by molar-refractivity contribution is -0.105. The van der Waals surface area contributed by atoms with Crippen molar-refractivity contribution in [1.82, 2.24) is 0 Å². The molecule has 0 bridgehead atoms. The molecule has 1 unspecified atom stereocenters. The second-order valence-corrected chi connectivity index (χ2v) is 7.06. The van der Waals surface area contributed by atoms with E-state index in [2.05, 4.69) is 0 Å². The summed E-state index contributed by atoms with van der Waals surface area (Å²) in [6.07, 6.45) is 2.63. The fourth-order valence-electron chi connectivity index (χ4n) is 2.42. The van der Waals surface area contributed by atoms with Gasteiger partial charge in [-0.3, -0.25) is 4.79 Å². The molecule has 1 aliphatic rings. The van der Waals surface area contributed by atoms with Gasteiger partial charge in [0.2, 0.25) is 4.93 Å². The number of aldehydes is 1. The van der Waals surface area contributed by atoms with Gasteiger partial charge in [0, 0.05) is 25.4 Å². The summed E-state index contributed by atoms with van der Waals surface area (Å²) in [6, 6.07) is 8.98. The Bertz CT molecular complexity index is 716. The highest BCUT2D eigenvalue weighted by molar-refractivity contribution is 7.92. The van der Waals surface area contributed by atoms with Crippen LogP contribution >= 0.6 is 0 Å². The molecule has 1 aliphatic carbocycles. The summed E-state index contributed by atoms with van der Waals surface area (Å²) in [5.74, 6) is -0.419. The van der Waals surface area contributed by atoms with Gasteiger partial charge < -0.3 is 9.84 Å². The lowest BCUT2D eigenvalue weighted by atomic mass is 9.90. The van der Waals surface area contributed by atoms with Gasteiger partial charge in [-0.2, -0.15) is 0 Å². The fourth-order valence-corrected chi connectivity index (χ4v) is 3.58. The Morgan fingerprint density at radius 2 is 1.90 bits per heavy atom. The van der Waals surface area contributed by atoms with Crippen molar-refractivity contribution in [3.63, 3.8) is 0 Å². The van der Waals surface area contributed by atoms with E-state index in [0.717, 1.165) is 11.8 Å². The third-order valence-electron chi connectivity index (χ3n) is 3.60. The summed E-state index contributed by atoms with van der Waals surface area (Å²) in [5, 5.41) is 10.2. The molecule has 1 aromatic carbocycles. The van der Waals surface area contributed by atoms with Crippen molar-refractivity contribution in [3.05, 3.63) is 53.3 Å². The molecular formula is C15H16O5S. The molecule has 5 nitrogen and oxygen atoms in total. The number of hydrogen-bond acceptors (Lipinski definition) is 5. The smallest absolute Gasteiger partial charge is 0.229 e. The summed E-state index contributed by atoms with van der Waals surface area (Å²) >= 11 is 0. The number of ether oxygens (including phenoxy) is 1. The first-order chi connectivity index (χ1) is 9.85. The summed E-state index contributed by atoms with van der Waals surface area (Å²) < 4.78 is 29.1. The average Bonchev–Trinajstić information content (AvgIpc) is 2.46. The Balaban J connectivity index is 2.63. The molecule has 0 saturated heterocycles. The molecule has 21 heavy (non-hydrogen) atoms. The molecular weight excluding hydrogens is 292 g/mol. The monoisotopic (exact) mass is 308 g/mol. The molecule has 0 radical (unpaired) electrons. The Labute approximate surface area is 123 Å². The Hall–Kier alpha value is -1.92. The maximum atomic E-state index is 12.0. The van der Waals surface area contributed by atoms with Gasteiger partial charge >= 0.3 is 0 Å². The minimum Gasteiger partial charge on any atom is -0.508 e. The van der Waals surface area contributed by atoms with Crippen molar-refractivity contribution in [2.45, 2.75) is 11.4 Å². The highest BCUT2D eigenvalue weighted by atomic mass is 32.2. The van der Waals surface area contributed by atoms with Gasteiger partial charge in [-0.25, -0.2) is 8.42 Å². The lowest BCUT2D eigenvalue weighted by Gasteiger charge is -2.33. The first kappa shape index (κ1) is 15.5. The number of aliphatic hydroxyl groups excluding tert-OH is 1. The number of methoxy groups -OCH3 is 1. The first-order valence-electron chi connectivity index (χ1n) is 6.25. The first-order valence-corrected chi connectivity index (χ1v) is 8.14. The van der Waals surface area contributed by atoms with Crippen molar-refractivity contribution in [2.24, 2.45) is 0 Å². The van der Waals surface area contributed by atoms with E-state index in [-0.39, 0.29) is 12.0 Å². The van der Waals surface area contributed by atoms with Crippen molar-refractivity contribution in [1.29, 1.82) is 0 Å². The van der Waals surface area contributed by atoms with Crippen molar-refractivity contribution >= 4 is 21.7 Å².